The van der Waals surface area contributed by atoms with Crippen molar-refractivity contribution in [3.05, 3.63) is 169 Å². The van der Waals surface area contributed by atoms with Crippen LogP contribution < -0.4 is 5.32 Å². The third kappa shape index (κ3) is 4.32. The van der Waals surface area contributed by atoms with Gasteiger partial charge in [-0.25, -0.2) is 0 Å². The Kier molecular flexibility index (Phi) is 6.20. The monoisotopic (exact) mass is 563 g/mol. The zero-order chi connectivity index (χ0) is 29.7. The van der Waals surface area contributed by atoms with Crippen molar-refractivity contribution in [2.75, 3.05) is 5.32 Å². The van der Waals surface area contributed by atoms with Crippen LogP contribution in [0.5, 0.6) is 0 Å². The van der Waals surface area contributed by atoms with Gasteiger partial charge in [-0.1, -0.05) is 141 Å². The first kappa shape index (κ1) is 26.2. The predicted molar refractivity (Wildman–Crippen MR) is 188 cm³/mol. The first-order chi connectivity index (χ1) is 21.6. The average Bonchev–Trinajstić information content (AvgIpc) is 3.31. The van der Waals surface area contributed by atoms with E-state index in [0.717, 1.165) is 11.4 Å². The van der Waals surface area contributed by atoms with Gasteiger partial charge in [-0.15, -0.1) is 0 Å². The van der Waals surface area contributed by atoms with E-state index in [4.69, 9.17) is 0 Å². The van der Waals surface area contributed by atoms with Crippen LogP contribution in [0, 0.1) is 0 Å². The fourth-order valence-electron chi connectivity index (χ4n) is 7.01. The molecular formula is C43H33N. The van der Waals surface area contributed by atoms with Crippen molar-refractivity contribution in [2.24, 2.45) is 0 Å². The van der Waals surface area contributed by atoms with Gasteiger partial charge in [0.1, 0.15) is 0 Å². The van der Waals surface area contributed by atoms with E-state index < -0.39 is 0 Å². The van der Waals surface area contributed by atoms with Crippen LogP contribution in [0.2, 0.25) is 0 Å². The molecule has 1 heteroatoms. The quantitative estimate of drug-likeness (QED) is 0.220. The van der Waals surface area contributed by atoms with Gasteiger partial charge in [-0.3, -0.25) is 0 Å². The maximum atomic E-state index is 3.68. The Labute approximate surface area is 259 Å². The fraction of sp³-hybridized carbons (Fsp3) is 0.0698. The molecule has 0 amide bonds. The molecule has 7 aromatic rings. The van der Waals surface area contributed by atoms with Crippen molar-refractivity contribution in [3.8, 4) is 44.5 Å². The highest BCUT2D eigenvalue weighted by molar-refractivity contribution is 6.10. The number of anilines is 2. The summed E-state index contributed by atoms with van der Waals surface area (Å²) >= 11 is 0. The normalized spacial score (nSPS) is 13.0. The summed E-state index contributed by atoms with van der Waals surface area (Å²) in [6, 6.07) is 57.1. The van der Waals surface area contributed by atoms with E-state index in [1.807, 2.05) is 0 Å². The molecule has 44 heavy (non-hydrogen) atoms. The summed E-state index contributed by atoms with van der Waals surface area (Å²) < 4.78 is 0. The SMILES string of the molecule is CC1(C)c2cc(Nc3ccc(-c4ccccc4)cc3)ccc2-c2c1cc(-c1ccccc1-c1ccccc1)c1ccccc21. The molecule has 1 aliphatic carbocycles. The molecule has 0 unspecified atom stereocenters. The second-order valence-corrected chi connectivity index (χ2v) is 12.3. The Morgan fingerprint density at radius 3 is 1.68 bits per heavy atom. The summed E-state index contributed by atoms with van der Waals surface area (Å²) in [6.07, 6.45) is 0. The Hall–Kier alpha value is -5.40. The Bertz CT molecular complexity index is 2140. The summed E-state index contributed by atoms with van der Waals surface area (Å²) in [4.78, 5) is 0. The summed E-state index contributed by atoms with van der Waals surface area (Å²) in [5.74, 6) is 0. The molecule has 7 aromatic carbocycles. The number of hydrogen-bond acceptors (Lipinski definition) is 1. The highest BCUT2D eigenvalue weighted by Gasteiger charge is 2.37. The van der Waals surface area contributed by atoms with Gasteiger partial charge in [0, 0.05) is 16.8 Å². The van der Waals surface area contributed by atoms with Crippen LogP contribution in [0.1, 0.15) is 25.0 Å². The Morgan fingerprint density at radius 2 is 0.955 bits per heavy atom. The number of nitrogens with one attached hydrogen (secondary N) is 1. The van der Waals surface area contributed by atoms with Crippen LogP contribution in [0.4, 0.5) is 11.4 Å². The summed E-state index contributed by atoms with van der Waals surface area (Å²) in [5, 5.41) is 6.28. The molecule has 0 aromatic heterocycles. The lowest BCUT2D eigenvalue weighted by Crippen LogP contribution is -2.15. The molecule has 210 valence electrons. The van der Waals surface area contributed by atoms with E-state index in [1.165, 1.54) is 66.4 Å². The van der Waals surface area contributed by atoms with Crippen LogP contribution in [-0.4, -0.2) is 0 Å². The molecule has 1 nitrogen and oxygen atoms in total. The lowest BCUT2D eigenvalue weighted by molar-refractivity contribution is 0.661. The second-order valence-electron chi connectivity index (χ2n) is 12.3. The molecule has 0 aliphatic heterocycles. The predicted octanol–water partition coefficient (Wildman–Crippen LogP) is 11.9. The van der Waals surface area contributed by atoms with Gasteiger partial charge in [0.25, 0.3) is 0 Å². The van der Waals surface area contributed by atoms with Crippen molar-refractivity contribution >= 4 is 22.1 Å². The van der Waals surface area contributed by atoms with Crippen LogP contribution in [0.3, 0.4) is 0 Å². The first-order valence-corrected chi connectivity index (χ1v) is 15.4. The van der Waals surface area contributed by atoms with Crippen molar-refractivity contribution < 1.29 is 0 Å². The number of benzene rings is 7. The van der Waals surface area contributed by atoms with E-state index in [9.17, 15) is 0 Å². The maximum Gasteiger partial charge on any atom is 0.0387 e. The van der Waals surface area contributed by atoms with E-state index in [2.05, 4.69) is 177 Å². The average molecular weight is 564 g/mol. The molecule has 0 radical (unpaired) electrons. The van der Waals surface area contributed by atoms with Crippen LogP contribution >= 0.6 is 0 Å². The molecule has 1 aliphatic rings. The lowest BCUT2D eigenvalue weighted by atomic mass is 9.80. The van der Waals surface area contributed by atoms with Gasteiger partial charge in [-0.2, -0.15) is 0 Å². The van der Waals surface area contributed by atoms with Crippen molar-refractivity contribution in [1.29, 1.82) is 0 Å². The van der Waals surface area contributed by atoms with Gasteiger partial charge < -0.3 is 5.32 Å². The minimum Gasteiger partial charge on any atom is -0.356 e. The summed E-state index contributed by atoms with van der Waals surface area (Å²) in [5.41, 5.74) is 15.0. The molecule has 0 saturated carbocycles. The van der Waals surface area contributed by atoms with Crippen molar-refractivity contribution in [3.63, 3.8) is 0 Å². The van der Waals surface area contributed by atoms with Crippen LogP contribution in [-0.2, 0) is 5.41 Å². The highest BCUT2D eigenvalue weighted by atomic mass is 14.9. The lowest BCUT2D eigenvalue weighted by Gasteiger charge is -2.24. The van der Waals surface area contributed by atoms with Gasteiger partial charge in [0.2, 0.25) is 0 Å². The van der Waals surface area contributed by atoms with Crippen LogP contribution in [0.25, 0.3) is 55.3 Å². The number of rotatable bonds is 5. The van der Waals surface area contributed by atoms with Gasteiger partial charge in [0.05, 0.1) is 0 Å². The molecular weight excluding hydrogens is 530 g/mol. The zero-order valence-corrected chi connectivity index (χ0v) is 25.0. The molecule has 0 spiro atoms. The van der Waals surface area contributed by atoms with Gasteiger partial charge >= 0.3 is 0 Å². The van der Waals surface area contributed by atoms with E-state index in [1.54, 1.807) is 0 Å². The van der Waals surface area contributed by atoms with E-state index >= 15 is 0 Å². The Balaban J connectivity index is 1.22. The number of hydrogen-bond donors (Lipinski definition) is 1. The fourth-order valence-corrected chi connectivity index (χ4v) is 7.01. The summed E-state index contributed by atoms with van der Waals surface area (Å²) in [6.45, 7) is 4.75. The smallest absolute Gasteiger partial charge is 0.0387 e. The van der Waals surface area contributed by atoms with Gasteiger partial charge in [-0.05, 0) is 96.7 Å². The standard InChI is InChI=1S/C43H33N/c1-43(2)40-27-33(44-32-23-21-30(22-24-32)29-13-5-3-6-14-29)25-26-38(40)42-37-20-12-11-19-36(37)39(28-41(42)43)35-18-10-9-17-34(35)31-15-7-4-8-16-31/h3-28,44H,1-2H3. The molecule has 0 bridgehead atoms. The highest BCUT2D eigenvalue weighted by Crippen LogP contribution is 2.54. The minimum atomic E-state index is -0.153. The third-order valence-corrected chi connectivity index (χ3v) is 9.26. The molecule has 0 atom stereocenters. The van der Waals surface area contributed by atoms with Crippen molar-refractivity contribution in [2.45, 2.75) is 19.3 Å². The maximum absolute atomic E-state index is 3.68. The molecule has 0 fully saturated rings. The summed E-state index contributed by atoms with van der Waals surface area (Å²) in [7, 11) is 0. The van der Waals surface area contributed by atoms with E-state index in [-0.39, 0.29) is 5.41 Å². The van der Waals surface area contributed by atoms with Gasteiger partial charge in [0.15, 0.2) is 0 Å². The first-order valence-electron chi connectivity index (χ1n) is 15.4. The molecule has 0 heterocycles. The van der Waals surface area contributed by atoms with Crippen LogP contribution in [0.15, 0.2) is 158 Å². The second kappa shape index (κ2) is 10.4. The largest absolute Gasteiger partial charge is 0.356 e. The topological polar surface area (TPSA) is 12.0 Å². The molecule has 1 N–H and O–H groups in total. The van der Waals surface area contributed by atoms with Crippen molar-refractivity contribution in [1.82, 2.24) is 0 Å². The molecule has 0 saturated heterocycles. The molecule has 8 rings (SSSR count). The van der Waals surface area contributed by atoms with E-state index in [0.29, 0.717) is 0 Å². The zero-order valence-electron chi connectivity index (χ0n) is 25.0. The Morgan fingerprint density at radius 1 is 0.386 bits per heavy atom. The number of fused-ring (bicyclic) bond motifs is 5. The minimum absolute atomic E-state index is 0.153. The third-order valence-electron chi connectivity index (χ3n) is 9.26.